The van der Waals surface area contributed by atoms with E-state index in [1.165, 1.54) is 17.8 Å². The summed E-state index contributed by atoms with van der Waals surface area (Å²) in [6.45, 7) is -0.192. The molecule has 30 heavy (non-hydrogen) atoms. The zero-order chi connectivity index (χ0) is 21.3. The summed E-state index contributed by atoms with van der Waals surface area (Å²) >= 11 is 1.26. The number of carbonyl (C=O) groups is 2. The SMILES string of the molecule is O=C(NC1=NC2(c3ccc(F)cc3F)COC(C(=O)O)CC2CS1)c1ccccc1. The topological polar surface area (TPSA) is 88.0 Å². The molecule has 2 aromatic carbocycles. The number of fused-ring (bicyclic) bond motifs is 1. The number of amidine groups is 1. The number of hydrogen-bond donors (Lipinski definition) is 2. The number of carbonyl (C=O) groups excluding carboxylic acids is 1. The maximum atomic E-state index is 14.7. The molecule has 1 fully saturated rings. The van der Waals surface area contributed by atoms with E-state index >= 15 is 0 Å². The minimum absolute atomic E-state index is 0.115. The molecular formula is C21H18F2N2O4S. The standard InChI is InChI=1S/C21H18F2N2O4S/c22-14-6-7-15(16(23)9-14)21-11-29-17(19(27)28)8-13(21)10-30-20(25-21)24-18(26)12-4-2-1-3-5-12/h1-7,9,13,17H,8,10-11H2,(H,27,28)(H,24,25,26). The summed E-state index contributed by atoms with van der Waals surface area (Å²) in [6, 6.07) is 11.8. The number of thioether (sulfide) groups is 1. The maximum Gasteiger partial charge on any atom is 0.332 e. The van der Waals surface area contributed by atoms with E-state index in [2.05, 4.69) is 10.3 Å². The predicted octanol–water partition coefficient (Wildman–Crippen LogP) is 3.18. The van der Waals surface area contributed by atoms with Gasteiger partial charge in [-0.15, -0.1) is 0 Å². The van der Waals surface area contributed by atoms with E-state index in [9.17, 15) is 23.5 Å². The first-order valence-electron chi connectivity index (χ1n) is 9.28. The lowest BCUT2D eigenvalue weighted by atomic mass is 9.75. The maximum absolute atomic E-state index is 14.7. The average Bonchev–Trinajstić information content (AvgIpc) is 2.73. The van der Waals surface area contributed by atoms with Crippen LogP contribution in [-0.2, 0) is 15.1 Å². The van der Waals surface area contributed by atoms with Gasteiger partial charge in [0, 0.05) is 28.9 Å². The molecule has 2 aromatic rings. The Labute approximate surface area is 175 Å². The van der Waals surface area contributed by atoms with Crippen LogP contribution in [0.15, 0.2) is 53.5 Å². The van der Waals surface area contributed by atoms with Gasteiger partial charge >= 0.3 is 5.97 Å². The minimum Gasteiger partial charge on any atom is -0.479 e. The van der Waals surface area contributed by atoms with Crippen molar-refractivity contribution in [2.24, 2.45) is 10.9 Å². The number of benzene rings is 2. The zero-order valence-corrected chi connectivity index (χ0v) is 16.5. The second kappa shape index (κ2) is 8.16. The minimum atomic E-state index is -1.26. The Morgan fingerprint density at radius 1 is 1.20 bits per heavy atom. The van der Waals surface area contributed by atoms with Crippen molar-refractivity contribution in [1.29, 1.82) is 0 Å². The number of nitrogens with zero attached hydrogens (tertiary/aromatic N) is 1. The van der Waals surface area contributed by atoms with Gasteiger partial charge in [0.1, 0.15) is 17.2 Å². The van der Waals surface area contributed by atoms with Crippen LogP contribution in [0.3, 0.4) is 0 Å². The molecule has 4 rings (SSSR count). The smallest absolute Gasteiger partial charge is 0.332 e. The zero-order valence-electron chi connectivity index (χ0n) is 15.7. The number of nitrogens with one attached hydrogen (secondary N) is 1. The third kappa shape index (κ3) is 3.82. The van der Waals surface area contributed by atoms with Crippen molar-refractivity contribution in [3.63, 3.8) is 0 Å². The number of rotatable bonds is 3. The van der Waals surface area contributed by atoms with Crippen LogP contribution in [0.5, 0.6) is 0 Å². The van der Waals surface area contributed by atoms with Gasteiger partial charge in [0.15, 0.2) is 11.3 Å². The van der Waals surface area contributed by atoms with Gasteiger partial charge in [0.2, 0.25) is 0 Å². The fraction of sp³-hybridized carbons (Fsp3) is 0.286. The highest BCUT2D eigenvalue weighted by atomic mass is 32.2. The van der Waals surface area contributed by atoms with Crippen LogP contribution >= 0.6 is 11.8 Å². The summed E-state index contributed by atoms with van der Waals surface area (Å²) in [7, 11) is 0. The Balaban J connectivity index is 1.71. The number of ether oxygens (including phenoxy) is 1. The molecule has 9 heteroatoms. The molecule has 3 unspecified atom stereocenters. The fourth-order valence-corrected chi connectivity index (χ4v) is 4.95. The van der Waals surface area contributed by atoms with E-state index in [-0.39, 0.29) is 35.6 Å². The van der Waals surface area contributed by atoms with E-state index in [1.807, 2.05) is 0 Å². The Morgan fingerprint density at radius 2 is 1.97 bits per heavy atom. The highest BCUT2D eigenvalue weighted by Gasteiger charge is 2.51. The summed E-state index contributed by atoms with van der Waals surface area (Å²) in [4.78, 5) is 28.6. The molecule has 2 aliphatic heterocycles. The molecule has 2 aliphatic rings. The van der Waals surface area contributed by atoms with Crippen LogP contribution in [0.4, 0.5) is 8.78 Å². The van der Waals surface area contributed by atoms with Crippen molar-refractivity contribution in [1.82, 2.24) is 5.32 Å². The Bertz CT molecular complexity index is 1020. The second-order valence-electron chi connectivity index (χ2n) is 7.17. The molecule has 2 N–H and O–H groups in total. The number of aliphatic carboxylic acids is 1. The van der Waals surface area contributed by atoms with Gasteiger partial charge in [0.05, 0.1) is 6.61 Å². The molecule has 0 spiro atoms. The number of aliphatic imine (C=N–C) groups is 1. The monoisotopic (exact) mass is 432 g/mol. The molecule has 1 saturated heterocycles. The van der Waals surface area contributed by atoms with Gasteiger partial charge in [-0.25, -0.2) is 18.6 Å². The Hall–Kier alpha value is -2.78. The summed E-state index contributed by atoms with van der Waals surface area (Å²) in [5.74, 6) is -2.94. The van der Waals surface area contributed by atoms with Crippen LogP contribution < -0.4 is 5.32 Å². The van der Waals surface area contributed by atoms with Crippen molar-refractivity contribution in [2.75, 3.05) is 12.4 Å². The van der Waals surface area contributed by atoms with E-state index in [0.717, 1.165) is 12.1 Å². The first-order valence-corrected chi connectivity index (χ1v) is 10.3. The number of amides is 1. The third-order valence-electron chi connectivity index (χ3n) is 5.33. The van der Waals surface area contributed by atoms with Gasteiger partial charge in [0.25, 0.3) is 5.91 Å². The van der Waals surface area contributed by atoms with Gasteiger partial charge in [-0.3, -0.25) is 4.79 Å². The van der Waals surface area contributed by atoms with Crippen LogP contribution in [-0.4, -0.2) is 40.6 Å². The van der Waals surface area contributed by atoms with Crippen LogP contribution in [0.25, 0.3) is 0 Å². The molecule has 1 amide bonds. The summed E-state index contributed by atoms with van der Waals surface area (Å²) in [5.41, 5.74) is -0.700. The molecule has 0 radical (unpaired) electrons. The van der Waals surface area contributed by atoms with Crippen molar-refractivity contribution in [3.05, 3.63) is 71.3 Å². The third-order valence-corrected chi connectivity index (χ3v) is 6.37. The Morgan fingerprint density at radius 3 is 2.67 bits per heavy atom. The van der Waals surface area contributed by atoms with Crippen molar-refractivity contribution < 1.29 is 28.2 Å². The number of carboxylic acids is 1. The lowest BCUT2D eigenvalue weighted by Gasteiger charge is -2.45. The van der Waals surface area contributed by atoms with Crippen molar-refractivity contribution in [2.45, 2.75) is 18.1 Å². The normalized spacial score (nSPS) is 25.7. The van der Waals surface area contributed by atoms with Gasteiger partial charge < -0.3 is 15.2 Å². The second-order valence-corrected chi connectivity index (χ2v) is 8.18. The molecule has 156 valence electrons. The molecule has 0 aliphatic carbocycles. The summed E-state index contributed by atoms with van der Waals surface area (Å²) in [6.07, 6.45) is -0.898. The Kier molecular flexibility index (Phi) is 5.57. The lowest BCUT2D eigenvalue weighted by Crippen LogP contribution is -2.52. The van der Waals surface area contributed by atoms with Crippen LogP contribution in [0.1, 0.15) is 22.3 Å². The summed E-state index contributed by atoms with van der Waals surface area (Å²) < 4.78 is 33.7. The first kappa shape index (κ1) is 20.5. The summed E-state index contributed by atoms with van der Waals surface area (Å²) in [5, 5.41) is 12.3. The number of hydrogen-bond acceptors (Lipinski definition) is 5. The highest BCUT2D eigenvalue weighted by molar-refractivity contribution is 8.13. The largest absolute Gasteiger partial charge is 0.479 e. The molecule has 3 atom stereocenters. The fourth-order valence-electron chi connectivity index (χ4n) is 3.78. The molecule has 0 aromatic heterocycles. The number of carboxylic acid groups (broad SMARTS) is 1. The van der Waals surface area contributed by atoms with E-state index in [0.29, 0.717) is 11.3 Å². The molecule has 0 bridgehead atoms. The lowest BCUT2D eigenvalue weighted by molar-refractivity contribution is -0.159. The predicted molar refractivity (Wildman–Crippen MR) is 107 cm³/mol. The van der Waals surface area contributed by atoms with Crippen LogP contribution in [0.2, 0.25) is 0 Å². The van der Waals surface area contributed by atoms with Crippen LogP contribution in [0, 0.1) is 17.6 Å². The number of halogens is 2. The first-order chi connectivity index (χ1) is 14.4. The average molecular weight is 432 g/mol. The quantitative estimate of drug-likeness (QED) is 0.778. The molecular weight excluding hydrogens is 414 g/mol. The van der Waals surface area contributed by atoms with Crippen molar-refractivity contribution >= 4 is 28.8 Å². The molecule has 2 heterocycles. The van der Waals surface area contributed by atoms with Crippen molar-refractivity contribution in [3.8, 4) is 0 Å². The van der Waals surface area contributed by atoms with E-state index in [4.69, 9.17) is 4.74 Å². The highest BCUT2D eigenvalue weighted by Crippen LogP contribution is 2.47. The van der Waals surface area contributed by atoms with Gasteiger partial charge in [-0.05, 0) is 24.6 Å². The van der Waals surface area contributed by atoms with E-state index < -0.39 is 29.2 Å². The molecule has 6 nitrogen and oxygen atoms in total. The van der Waals surface area contributed by atoms with E-state index in [1.54, 1.807) is 30.3 Å². The van der Waals surface area contributed by atoms with Gasteiger partial charge in [-0.2, -0.15) is 0 Å². The van der Waals surface area contributed by atoms with Gasteiger partial charge in [-0.1, -0.05) is 36.0 Å². The molecule has 0 saturated carbocycles.